The Bertz CT molecular complexity index is 898. The van der Waals surface area contributed by atoms with Crippen LogP contribution in [0.4, 0.5) is 0 Å². The summed E-state index contributed by atoms with van der Waals surface area (Å²) in [6.45, 7) is 5.86. The summed E-state index contributed by atoms with van der Waals surface area (Å²) >= 11 is 3.35. The molecule has 1 saturated heterocycles. The first-order chi connectivity index (χ1) is 12.4. The Balaban J connectivity index is 2.18. The van der Waals surface area contributed by atoms with Crippen molar-refractivity contribution in [2.75, 3.05) is 6.54 Å². The lowest BCUT2D eigenvalue weighted by molar-refractivity contribution is -0.139. The van der Waals surface area contributed by atoms with Crippen LogP contribution >= 0.6 is 15.9 Å². The van der Waals surface area contributed by atoms with Gasteiger partial charge in [-0.3, -0.25) is 9.59 Å². The van der Waals surface area contributed by atoms with E-state index in [0.29, 0.717) is 5.56 Å². The Hall–Kier alpha value is -2.66. The molecule has 1 atom stereocenters. The lowest BCUT2D eigenvalue weighted by atomic mass is 9.95. The molecule has 0 radical (unpaired) electrons. The first-order valence-corrected chi connectivity index (χ1v) is 8.95. The van der Waals surface area contributed by atoms with Crippen molar-refractivity contribution >= 4 is 33.4 Å². The molecule has 1 aliphatic rings. The van der Waals surface area contributed by atoms with Crippen LogP contribution < -0.4 is 0 Å². The molecule has 132 valence electrons. The number of nitrogens with zero attached hydrogens (tertiary/aromatic N) is 1. The third-order valence-corrected chi connectivity index (χ3v) is 4.91. The standard InChI is InChI=1S/C21H18BrNO3/c1-3-12-23-18(14-6-4-13(2)5-7-14)17(20(25)21(23)26)19(24)15-8-10-16(22)11-9-15/h3-11,18,24H,1,12H2,2H3/t18-/m0/s1. The zero-order chi connectivity index (χ0) is 18.8. The fourth-order valence-corrected chi connectivity index (χ4v) is 3.33. The monoisotopic (exact) mass is 411 g/mol. The van der Waals surface area contributed by atoms with E-state index in [1.165, 1.54) is 4.90 Å². The maximum absolute atomic E-state index is 12.7. The molecule has 1 fully saturated rings. The summed E-state index contributed by atoms with van der Waals surface area (Å²) in [4.78, 5) is 26.6. The fourth-order valence-electron chi connectivity index (χ4n) is 3.07. The molecule has 2 aromatic carbocycles. The van der Waals surface area contributed by atoms with Crippen molar-refractivity contribution in [3.05, 3.63) is 87.9 Å². The number of carbonyl (C=O) groups is 2. The molecule has 3 rings (SSSR count). The van der Waals surface area contributed by atoms with Crippen molar-refractivity contribution in [1.29, 1.82) is 0 Å². The average Bonchev–Trinajstić information content (AvgIpc) is 2.88. The number of hydrogen-bond acceptors (Lipinski definition) is 3. The van der Waals surface area contributed by atoms with Gasteiger partial charge in [0.2, 0.25) is 0 Å². The van der Waals surface area contributed by atoms with E-state index in [2.05, 4.69) is 22.5 Å². The number of hydrogen-bond donors (Lipinski definition) is 1. The first kappa shape index (κ1) is 18.1. The molecule has 0 bridgehead atoms. The van der Waals surface area contributed by atoms with Crippen LogP contribution in [0.2, 0.25) is 0 Å². The summed E-state index contributed by atoms with van der Waals surface area (Å²) in [6.07, 6.45) is 1.58. The van der Waals surface area contributed by atoms with Gasteiger partial charge in [-0.15, -0.1) is 6.58 Å². The number of aliphatic hydroxyl groups is 1. The van der Waals surface area contributed by atoms with Crippen LogP contribution in [0.25, 0.3) is 5.76 Å². The Morgan fingerprint density at radius 1 is 1.15 bits per heavy atom. The van der Waals surface area contributed by atoms with Gasteiger partial charge >= 0.3 is 0 Å². The van der Waals surface area contributed by atoms with Crippen molar-refractivity contribution in [2.24, 2.45) is 0 Å². The minimum Gasteiger partial charge on any atom is -0.507 e. The van der Waals surface area contributed by atoms with Crippen molar-refractivity contribution in [3.63, 3.8) is 0 Å². The van der Waals surface area contributed by atoms with Crippen molar-refractivity contribution in [3.8, 4) is 0 Å². The highest BCUT2D eigenvalue weighted by molar-refractivity contribution is 9.10. The molecular formula is C21H18BrNO3. The number of amides is 1. The number of likely N-dealkylation sites (tertiary alicyclic amines) is 1. The summed E-state index contributed by atoms with van der Waals surface area (Å²) in [6, 6.07) is 13.9. The van der Waals surface area contributed by atoms with Gasteiger partial charge in [0.25, 0.3) is 11.7 Å². The number of Topliss-reactive ketones (excluding diaryl/α,β-unsaturated/α-hetero) is 1. The smallest absolute Gasteiger partial charge is 0.295 e. The molecule has 4 nitrogen and oxygen atoms in total. The van der Waals surface area contributed by atoms with Gasteiger partial charge in [-0.1, -0.05) is 64.0 Å². The molecule has 1 N–H and O–H groups in total. The van der Waals surface area contributed by atoms with Crippen LogP contribution in [0.15, 0.2) is 71.2 Å². The van der Waals surface area contributed by atoms with Crippen molar-refractivity contribution in [1.82, 2.24) is 4.90 Å². The summed E-state index contributed by atoms with van der Waals surface area (Å²) in [5, 5.41) is 10.8. The van der Waals surface area contributed by atoms with Gasteiger partial charge in [0.15, 0.2) is 0 Å². The number of rotatable bonds is 4. The van der Waals surface area contributed by atoms with Crippen LogP contribution in [0, 0.1) is 6.92 Å². The van der Waals surface area contributed by atoms with Gasteiger partial charge in [-0.2, -0.15) is 0 Å². The number of halogens is 1. The maximum Gasteiger partial charge on any atom is 0.295 e. The predicted molar refractivity (Wildman–Crippen MR) is 105 cm³/mol. The van der Waals surface area contributed by atoms with E-state index in [1.54, 1.807) is 30.3 Å². The summed E-state index contributed by atoms with van der Waals surface area (Å²) in [5.41, 5.74) is 2.43. The number of carbonyl (C=O) groups excluding carboxylic acids is 2. The molecule has 0 aliphatic carbocycles. The van der Waals surface area contributed by atoms with Gasteiger partial charge in [-0.05, 0) is 24.6 Å². The average molecular weight is 412 g/mol. The van der Waals surface area contributed by atoms with Gasteiger partial charge in [0.1, 0.15) is 5.76 Å². The van der Waals surface area contributed by atoms with E-state index in [9.17, 15) is 14.7 Å². The van der Waals surface area contributed by atoms with E-state index >= 15 is 0 Å². The highest BCUT2D eigenvalue weighted by Crippen LogP contribution is 2.39. The largest absolute Gasteiger partial charge is 0.507 e. The third kappa shape index (κ3) is 3.22. The van der Waals surface area contributed by atoms with Gasteiger partial charge < -0.3 is 10.0 Å². The highest BCUT2D eigenvalue weighted by Gasteiger charge is 2.45. The topological polar surface area (TPSA) is 57.6 Å². The molecule has 1 amide bonds. The lowest BCUT2D eigenvalue weighted by Crippen LogP contribution is -2.29. The molecule has 0 aromatic heterocycles. The summed E-state index contributed by atoms with van der Waals surface area (Å²) < 4.78 is 0.858. The second kappa shape index (κ2) is 7.30. The van der Waals surface area contributed by atoms with Crippen molar-refractivity contribution < 1.29 is 14.7 Å². The lowest BCUT2D eigenvalue weighted by Gasteiger charge is -2.24. The quantitative estimate of drug-likeness (QED) is 0.351. The van der Waals surface area contributed by atoms with Crippen LogP contribution in [-0.2, 0) is 9.59 Å². The number of aryl methyl sites for hydroxylation is 1. The Kier molecular flexibility index (Phi) is 5.09. The highest BCUT2D eigenvalue weighted by atomic mass is 79.9. The molecule has 0 unspecified atom stereocenters. The predicted octanol–water partition coefficient (Wildman–Crippen LogP) is 4.37. The van der Waals surface area contributed by atoms with Gasteiger partial charge in [0, 0.05) is 16.6 Å². The second-order valence-electron chi connectivity index (χ2n) is 6.16. The summed E-state index contributed by atoms with van der Waals surface area (Å²) in [5.74, 6) is -1.49. The minimum absolute atomic E-state index is 0.100. The molecule has 1 heterocycles. The maximum atomic E-state index is 12.7. The van der Waals surface area contributed by atoms with Gasteiger partial charge in [0.05, 0.1) is 11.6 Å². The zero-order valence-electron chi connectivity index (χ0n) is 14.3. The normalized spacial score (nSPS) is 19.0. The van der Waals surface area contributed by atoms with Crippen molar-refractivity contribution in [2.45, 2.75) is 13.0 Å². The third-order valence-electron chi connectivity index (χ3n) is 4.38. The Morgan fingerprint density at radius 3 is 2.35 bits per heavy atom. The number of ketones is 1. The second-order valence-corrected chi connectivity index (χ2v) is 7.07. The molecule has 2 aromatic rings. The Labute approximate surface area is 160 Å². The number of aliphatic hydroxyl groups excluding tert-OH is 1. The molecule has 26 heavy (non-hydrogen) atoms. The number of benzene rings is 2. The molecule has 0 spiro atoms. The van der Waals surface area contributed by atoms with Crippen LogP contribution in [0.5, 0.6) is 0 Å². The van der Waals surface area contributed by atoms with E-state index in [1.807, 2.05) is 31.2 Å². The van der Waals surface area contributed by atoms with Crippen LogP contribution in [-0.4, -0.2) is 28.2 Å². The fraction of sp³-hybridized carbons (Fsp3) is 0.143. The molecule has 0 saturated carbocycles. The Morgan fingerprint density at radius 2 is 1.77 bits per heavy atom. The van der Waals surface area contributed by atoms with Crippen LogP contribution in [0.1, 0.15) is 22.7 Å². The van der Waals surface area contributed by atoms with Gasteiger partial charge in [-0.25, -0.2) is 0 Å². The zero-order valence-corrected chi connectivity index (χ0v) is 15.9. The minimum atomic E-state index is -0.683. The SMILES string of the molecule is C=CCN1C(=O)C(=O)C(=C(O)c2ccc(Br)cc2)[C@@H]1c1ccc(C)cc1. The van der Waals surface area contributed by atoms with Crippen LogP contribution in [0.3, 0.4) is 0 Å². The molecular weight excluding hydrogens is 394 g/mol. The van der Waals surface area contributed by atoms with E-state index in [-0.39, 0.29) is 17.9 Å². The molecule has 5 heteroatoms. The van der Waals surface area contributed by atoms with E-state index < -0.39 is 17.7 Å². The summed E-state index contributed by atoms with van der Waals surface area (Å²) in [7, 11) is 0. The van der Waals surface area contributed by atoms with E-state index in [4.69, 9.17) is 0 Å². The molecule has 1 aliphatic heterocycles. The van der Waals surface area contributed by atoms with E-state index in [0.717, 1.165) is 15.6 Å². The first-order valence-electron chi connectivity index (χ1n) is 8.16.